The van der Waals surface area contributed by atoms with E-state index < -0.39 is 0 Å². The minimum absolute atomic E-state index is 0.453. The monoisotopic (exact) mass is 190 g/mol. The summed E-state index contributed by atoms with van der Waals surface area (Å²) in [5, 5.41) is 11.6. The van der Waals surface area contributed by atoms with Crippen LogP contribution >= 0.6 is 0 Å². The lowest BCUT2D eigenvalue weighted by molar-refractivity contribution is 0.630. The third-order valence-corrected chi connectivity index (χ3v) is 1.93. The highest BCUT2D eigenvalue weighted by Gasteiger charge is 2.10. The third kappa shape index (κ3) is 1.30. The molecule has 0 bridgehead atoms. The number of nitrogens with two attached hydrogens (primary N) is 1. The number of anilines is 1. The van der Waals surface area contributed by atoms with Crippen molar-refractivity contribution in [3.8, 4) is 11.5 Å². The summed E-state index contributed by atoms with van der Waals surface area (Å²) in [5.74, 6) is 0.453. The molecule has 2 aromatic heterocycles. The highest BCUT2D eigenvalue weighted by atomic mass is 15.6. The Morgan fingerprint density at radius 1 is 1.43 bits per heavy atom. The molecule has 6 nitrogen and oxygen atoms in total. The fraction of sp³-hybridized carbons (Fsp3) is 0.250. The molecule has 0 amide bonds. The van der Waals surface area contributed by atoms with Gasteiger partial charge in [-0.3, -0.25) is 4.98 Å². The molecule has 2 N–H and O–H groups in total. The summed E-state index contributed by atoms with van der Waals surface area (Å²) in [6.07, 6.45) is 1.68. The van der Waals surface area contributed by atoms with Crippen LogP contribution in [0.4, 0.5) is 5.69 Å². The minimum Gasteiger partial charge on any atom is -0.397 e. The van der Waals surface area contributed by atoms with Gasteiger partial charge in [0.15, 0.2) is 0 Å². The van der Waals surface area contributed by atoms with Gasteiger partial charge in [-0.25, -0.2) is 0 Å². The number of nitrogens with zero attached hydrogens (tertiary/aromatic N) is 5. The summed E-state index contributed by atoms with van der Waals surface area (Å²) in [7, 11) is 1.70. The van der Waals surface area contributed by atoms with Crippen LogP contribution in [0, 0.1) is 6.92 Å². The molecule has 0 unspecified atom stereocenters. The van der Waals surface area contributed by atoms with Crippen LogP contribution in [-0.2, 0) is 7.05 Å². The van der Waals surface area contributed by atoms with Gasteiger partial charge in [-0.05, 0) is 23.8 Å². The maximum atomic E-state index is 5.84. The van der Waals surface area contributed by atoms with E-state index in [0.717, 1.165) is 5.56 Å². The van der Waals surface area contributed by atoms with Crippen molar-refractivity contribution in [2.75, 3.05) is 5.73 Å². The topological polar surface area (TPSA) is 82.5 Å². The van der Waals surface area contributed by atoms with E-state index in [1.807, 2.05) is 13.0 Å². The normalized spacial score (nSPS) is 10.4. The lowest BCUT2D eigenvalue weighted by atomic mass is 10.2. The second kappa shape index (κ2) is 3.06. The first-order chi connectivity index (χ1) is 6.68. The van der Waals surface area contributed by atoms with E-state index in [2.05, 4.69) is 20.4 Å². The first kappa shape index (κ1) is 8.61. The molecule has 72 valence electrons. The number of hydrogen-bond donors (Lipinski definition) is 1. The van der Waals surface area contributed by atoms with Crippen molar-refractivity contribution in [3.05, 3.63) is 17.8 Å². The maximum absolute atomic E-state index is 5.84. The molecule has 2 rings (SSSR count). The van der Waals surface area contributed by atoms with E-state index in [-0.39, 0.29) is 0 Å². The molecule has 0 radical (unpaired) electrons. The first-order valence-electron chi connectivity index (χ1n) is 4.14. The predicted octanol–water partition coefficient (Wildman–Crippen LogP) is 0.163. The molecule has 0 saturated carbocycles. The molecule has 0 aliphatic rings. The Bertz CT molecular complexity index is 461. The third-order valence-electron chi connectivity index (χ3n) is 1.93. The summed E-state index contributed by atoms with van der Waals surface area (Å²) in [6, 6.07) is 1.84. The zero-order chi connectivity index (χ0) is 10.1. The Morgan fingerprint density at radius 2 is 2.21 bits per heavy atom. The highest BCUT2D eigenvalue weighted by Crippen LogP contribution is 2.21. The number of rotatable bonds is 1. The van der Waals surface area contributed by atoms with Gasteiger partial charge >= 0.3 is 0 Å². The van der Waals surface area contributed by atoms with Crippen molar-refractivity contribution in [2.24, 2.45) is 7.05 Å². The summed E-state index contributed by atoms with van der Waals surface area (Å²) >= 11 is 0. The van der Waals surface area contributed by atoms with E-state index in [0.29, 0.717) is 17.2 Å². The van der Waals surface area contributed by atoms with E-state index in [4.69, 9.17) is 5.73 Å². The Kier molecular flexibility index (Phi) is 1.88. The molecule has 2 heterocycles. The van der Waals surface area contributed by atoms with Gasteiger partial charge in [-0.2, -0.15) is 4.80 Å². The second-order valence-corrected chi connectivity index (χ2v) is 2.99. The van der Waals surface area contributed by atoms with Crippen LogP contribution in [0.5, 0.6) is 0 Å². The molecule has 0 aliphatic carbocycles. The standard InChI is InChI=1S/C8H10N6/c1-5-3-4-10-7(6(5)9)8-11-13-14(2)12-8/h3-4H,9H2,1-2H3. The van der Waals surface area contributed by atoms with Gasteiger partial charge in [0, 0.05) is 6.20 Å². The van der Waals surface area contributed by atoms with E-state index in [1.165, 1.54) is 4.80 Å². The van der Waals surface area contributed by atoms with Crippen molar-refractivity contribution in [3.63, 3.8) is 0 Å². The Morgan fingerprint density at radius 3 is 2.86 bits per heavy atom. The Hall–Kier alpha value is -1.98. The average molecular weight is 190 g/mol. The predicted molar refractivity (Wildman–Crippen MR) is 51.2 cm³/mol. The Balaban J connectivity index is 2.57. The number of aryl methyl sites for hydroxylation is 2. The highest BCUT2D eigenvalue weighted by molar-refractivity contribution is 5.69. The van der Waals surface area contributed by atoms with Gasteiger partial charge in [0.2, 0.25) is 5.82 Å². The Labute approximate surface area is 80.8 Å². The zero-order valence-electron chi connectivity index (χ0n) is 7.97. The second-order valence-electron chi connectivity index (χ2n) is 2.99. The van der Waals surface area contributed by atoms with Gasteiger partial charge < -0.3 is 5.73 Å². The van der Waals surface area contributed by atoms with Crippen LogP contribution in [-0.4, -0.2) is 25.2 Å². The van der Waals surface area contributed by atoms with E-state index in [9.17, 15) is 0 Å². The van der Waals surface area contributed by atoms with E-state index in [1.54, 1.807) is 13.2 Å². The lowest BCUT2D eigenvalue weighted by Gasteiger charge is -2.01. The maximum Gasteiger partial charge on any atom is 0.225 e. The van der Waals surface area contributed by atoms with Crippen LogP contribution in [0.1, 0.15) is 5.56 Å². The number of hydrogen-bond acceptors (Lipinski definition) is 5. The zero-order valence-corrected chi connectivity index (χ0v) is 7.97. The number of tetrazole rings is 1. The number of nitrogen functional groups attached to an aromatic ring is 1. The largest absolute Gasteiger partial charge is 0.397 e. The van der Waals surface area contributed by atoms with Crippen LogP contribution in [0.3, 0.4) is 0 Å². The van der Waals surface area contributed by atoms with Crippen molar-refractivity contribution < 1.29 is 0 Å². The van der Waals surface area contributed by atoms with Gasteiger partial charge in [0.25, 0.3) is 0 Å². The molecule has 2 aromatic rings. The number of pyridine rings is 1. The first-order valence-corrected chi connectivity index (χ1v) is 4.14. The van der Waals surface area contributed by atoms with E-state index >= 15 is 0 Å². The average Bonchev–Trinajstić information content (AvgIpc) is 2.57. The molecule has 6 heteroatoms. The molecule has 0 atom stereocenters. The van der Waals surface area contributed by atoms with Gasteiger partial charge in [0.1, 0.15) is 5.69 Å². The molecular formula is C8H10N6. The molecule has 14 heavy (non-hydrogen) atoms. The number of aromatic nitrogens is 5. The van der Waals surface area contributed by atoms with Gasteiger partial charge in [0.05, 0.1) is 12.7 Å². The van der Waals surface area contributed by atoms with Crippen LogP contribution in [0.25, 0.3) is 11.5 Å². The quantitative estimate of drug-likeness (QED) is 0.692. The van der Waals surface area contributed by atoms with Crippen LogP contribution in [0.15, 0.2) is 12.3 Å². The molecule has 0 saturated heterocycles. The molecule has 0 spiro atoms. The summed E-state index contributed by atoms with van der Waals surface area (Å²) in [6.45, 7) is 1.91. The molecular weight excluding hydrogens is 180 g/mol. The smallest absolute Gasteiger partial charge is 0.225 e. The van der Waals surface area contributed by atoms with Crippen molar-refractivity contribution in [2.45, 2.75) is 6.92 Å². The molecule has 0 aromatic carbocycles. The fourth-order valence-corrected chi connectivity index (χ4v) is 1.13. The molecule has 0 fully saturated rings. The van der Waals surface area contributed by atoms with Crippen LogP contribution < -0.4 is 5.73 Å². The van der Waals surface area contributed by atoms with Crippen molar-refractivity contribution in [1.29, 1.82) is 0 Å². The summed E-state index contributed by atoms with van der Waals surface area (Å²) in [4.78, 5) is 5.49. The van der Waals surface area contributed by atoms with Gasteiger partial charge in [-0.15, -0.1) is 10.2 Å². The van der Waals surface area contributed by atoms with Crippen molar-refractivity contribution >= 4 is 5.69 Å². The van der Waals surface area contributed by atoms with Crippen LogP contribution in [0.2, 0.25) is 0 Å². The minimum atomic E-state index is 0.453. The summed E-state index contributed by atoms with van der Waals surface area (Å²) < 4.78 is 0. The SMILES string of the molecule is Cc1ccnc(-c2nnn(C)n2)c1N. The fourth-order valence-electron chi connectivity index (χ4n) is 1.13. The van der Waals surface area contributed by atoms with Crippen molar-refractivity contribution in [1.82, 2.24) is 25.2 Å². The summed E-state index contributed by atoms with van der Waals surface area (Å²) in [5.41, 5.74) is 7.98. The molecule has 0 aliphatic heterocycles. The van der Waals surface area contributed by atoms with Gasteiger partial charge in [-0.1, -0.05) is 0 Å². The lowest BCUT2D eigenvalue weighted by Crippen LogP contribution is -1.98.